The molecule has 0 aliphatic heterocycles. The summed E-state index contributed by atoms with van der Waals surface area (Å²) in [4.78, 5) is 12.0. The first-order valence-electron chi connectivity index (χ1n) is 7.73. The van der Waals surface area contributed by atoms with Crippen molar-refractivity contribution >= 4 is 5.91 Å². The minimum absolute atomic E-state index is 0.00989. The maximum atomic E-state index is 12.0. The van der Waals surface area contributed by atoms with E-state index in [1.165, 1.54) is 11.1 Å². The molecule has 0 aromatic heterocycles. The maximum absolute atomic E-state index is 12.0. The van der Waals surface area contributed by atoms with Crippen LogP contribution in [0.1, 0.15) is 44.4 Å². The number of hydrogen-bond acceptors (Lipinski definition) is 3. The lowest BCUT2D eigenvalue weighted by atomic mass is 10.0. The number of benzene rings is 1. The van der Waals surface area contributed by atoms with Gasteiger partial charge in [-0.2, -0.15) is 0 Å². The molecule has 0 radical (unpaired) electrons. The van der Waals surface area contributed by atoms with Gasteiger partial charge < -0.3 is 10.1 Å². The average Bonchev–Trinajstić information content (AvgIpc) is 2.52. The predicted molar refractivity (Wildman–Crippen MR) is 86.3 cm³/mol. The number of amides is 1. The molecular weight excluding hydrogens is 264 g/mol. The number of ether oxygens (including phenoxy) is 1. The van der Waals surface area contributed by atoms with Crippen LogP contribution < -0.4 is 10.6 Å². The lowest BCUT2D eigenvalue weighted by Crippen LogP contribution is -2.44. The normalized spacial score (nSPS) is 13.7. The summed E-state index contributed by atoms with van der Waals surface area (Å²) in [6.45, 7) is 7.25. The molecule has 0 saturated heterocycles. The first kappa shape index (κ1) is 17.7. The van der Waals surface area contributed by atoms with E-state index in [2.05, 4.69) is 48.7 Å². The van der Waals surface area contributed by atoms with Gasteiger partial charge in [0.25, 0.3) is 0 Å². The summed E-state index contributed by atoms with van der Waals surface area (Å²) in [6, 6.07) is 8.58. The van der Waals surface area contributed by atoms with Gasteiger partial charge in [0.05, 0.1) is 12.6 Å². The number of carbonyl (C=O) groups is 1. The van der Waals surface area contributed by atoms with Gasteiger partial charge in [-0.15, -0.1) is 0 Å². The van der Waals surface area contributed by atoms with Crippen LogP contribution in [0.5, 0.6) is 0 Å². The van der Waals surface area contributed by atoms with E-state index >= 15 is 0 Å². The van der Waals surface area contributed by atoms with Crippen molar-refractivity contribution in [3.05, 3.63) is 35.4 Å². The highest BCUT2D eigenvalue weighted by Crippen LogP contribution is 2.18. The molecule has 2 atom stereocenters. The molecule has 2 unspecified atom stereocenters. The third-order valence-electron chi connectivity index (χ3n) is 3.65. The number of nitrogens with one attached hydrogen (secondary N) is 2. The third kappa shape index (κ3) is 5.86. The predicted octanol–water partition coefficient (Wildman–Crippen LogP) is 2.44. The SMILES string of the molecule is CCc1ccc(C(CC)NC(C)C(=O)NCCOC)cc1. The fourth-order valence-electron chi connectivity index (χ4n) is 2.24. The molecule has 0 aliphatic carbocycles. The molecule has 118 valence electrons. The second-order valence-electron chi connectivity index (χ2n) is 5.23. The summed E-state index contributed by atoms with van der Waals surface area (Å²) < 4.78 is 4.93. The third-order valence-corrected chi connectivity index (χ3v) is 3.65. The van der Waals surface area contributed by atoms with E-state index in [0.717, 1.165) is 12.8 Å². The van der Waals surface area contributed by atoms with Crippen molar-refractivity contribution in [2.75, 3.05) is 20.3 Å². The van der Waals surface area contributed by atoms with Gasteiger partial charge in [-0.25, -0.2) is 0 Å². The van der Waals surface area contributed by atoms with E-state index in [-0.39, 0.29) is 18.0 Å². The molecule has 0 spiro atoms. The van der Waals surface area contributed by atoms with E-state index in [1.807, 2.05) is 6.92 Å². The number of carbonyl (C=O) groups excluding carboxylic acids is 1. The molecule has 0 fully saturated rings. The highest BCUT2D eigenvalue weighted by Gasteiger charge is 2.17. The monoisotopic (exact) mass is 292 g/mol. The first-order valence-corrected chi connectivity index (χ1v) is 7.73. The molecule has 0 aliphatic rings. The molecule has 1 amide bonds. The molecule has 0 heterocycles. The van der Waals surface area contributed by atoms with Crippen molar-refractivity contribution in [3.63, 3.8) is 0 Å². The first-order chi connectivity index (χ1) is 10.1. The van der Waals surface area contributed by atoms with E-state index in [1.54, 1.807) is 7.11 Å². The van der Waals surface area contributed by atoms with Crippen LogP contribution in [0.2, 0.25) is 0 Å². The molecule has 1 aromatic rings. The van der Waals surface area contributed by atoms with Gasteiger partial charge in [0.15, 0.2) is 0 Å². The van der Waals surface area contributed by atoms with Crippen molar-refractivity contribution in [2.24, 2.45) is 0 Å². The van der Waals surface area contributed by atoms with Crippen LogP contribution >= 0.6 is 0 Å². The zero-order valence-corrected chi connectivity index (χ0v) is 13.6. The van der Waals surface area contributed by atoms with E-state index in [4.69, 9.17) is 4.74 Å². The Morgan fingerprint density at radius 3 is 2.43 bits per heavy atom. The molecule has 4 heteroatoms. The summed E-state index contributed by atoms with van der Waals surface area (Å²) in [7, 11) is 1.63. The highest BCUT2D eigenvalue weighted by molar-refractivity contribution is 5.81. The summed E-state index contributed by atoms with van der Waals surface area (Å²) in [5.74, 6) is 0.00989. The van der Waals surface area contributed by atoms with Crippen LogP contribution in [0.25, 0.3) is 0 Å². The Balaban J connectivity index is 2.57. The Morgan fingerprint density at radius 1 is 1.24 bits per heavy atom. The van der Waals surface area contributed by atoms with Crippen LogP contribution in [0.3, 0.4) is 0 Å². The van der Waals surface area contributed by atoms with Gasteiger partial charge >= 0.3 is 0 Å². The Hall–Kier alpha value is -1.39. The van der Waals surface area contributed by atoms with E-state index < -0.39 is 0 Å². The number of hydrogen-bond donors (Lipinski definition) is 2. The van der Waals surface area contributed by atoms with Gasteiger partial charge in [-0.05, 0) is 30.9 Å². The minimum Gasteiger partial charge on any atom is -0.383 e. The molecule has 1 rings (SSSR count). The smallest absolute Gasteiger partial charge is 0.236 e. The quantitative estimate of drug-likeness (QED) is 0.687. The van der Waals surface area contributed by atoms with Crippen LogP contribution in [-0.2, 0) is 16.0 Å². The highest BCUT2D eigenvalue weighted by atomic mass is 16.5. The molecule has 2 N–H and O–H groups in total. The van der Waals surface area contributed by atoms with E-state index in [9.17, 15) is 4.79 Å². The fourth-order valence-corrected chi connectivity index (χ4v) is 2.24. The lowest BCUT2D eigenvalue weighted by Gasteiger charge is -2.22. The van der Waals surface area contributed by atoms with E-state index in [0.29, 0.717) is 13.2 Å². The Morgan fingerprint density at radius 2 is 1.90 bits per heavy atom. The molecule has 21 heavy (non-hydrogen) atoms. The summed E-state index contributed by atoms with van der Waals surface area (Å²) in [5, 5.41) is 6.25. The van der Waals surface area contributed by atoms with Crippen molar-refractivity contribution < 1.29 is 9.53 Å². The minimum atomic E-state index is -0.224. The summed E-state index contributed by atoms with van der Waals surface area (Å²) in [5.41, 5.74) is 2.56. The van der Waals surface area contributed by atoms with Gasteiger partial charge in [-0.3, -0.25) is 10.1 Å². The molecule has 4 nitrogen and oxygen atoms in total. The second-order valence-corrected chi connectivity index (χ2v) is 5.23. The molecule has 1 aromatic carbocycles. The van der Waals surface area contributed by atoms with Crippen LogP contribution in [0, 0.1) is 0 Å². The summed E-state index contributed by atoms with van der Waals surface area (Å²) >= 11 is 0. The Kier molecular flexibility index (Phi) is 8.01. The average molecular weight is 292 g/mol. The number of rotatable bonds is 9. The van der Waals surface area contributed by atoms with Gasteiger partial charge in [0, 0.05) is 19.7 Å². The van der Waals surface area contributed by atoms with Crippen LogP contribution in [0.4, 0.5) is 0 Å². The molecule has 0 bridgehead atoms. The van der Waals surface area contributed by atoms with Gasteiger partial charge in [0.2, 0.25) is 5.91 Å². The molecule has 0 saturated carbocycles. The maximum Gasteiger partial charge on any atom is 0.236 e. The fraction of sp³-hybridized carbons (Fsp3) is 0.588. The van der Waals surface area contributed by atoms with Crippen molar-refractivity contribution in [1.29, 1.82) is 0 Å². The number of aryl methyl sites for hydroxylation is 1. The molecular formula is C17H28N2O2. The van der Waals surface area contributed by atoms with Gasteiger partial charge in [0.1, 0.15) is 0 Å². The standard InChI is InChI=1S/C17H28N2O2/c1-5-14-7-9-15(10-8-14)16(6-2)19-13(3)17(20)18-11-12-21-4/h7-10,13,16,19H,5-6,11-12H2,1-4H3,(H,18,20). The van der Waals surface area contributed by atoms with Crippen LogP contribution in [0.15, 0.2) is 24.3 Å². The Bertz CT molecular complexity index is 417. The number of methoxy groups -OCH3 is 1. The zero-order valence-electron chi connectivity index (χ0n) is 13.6. The zero-order chi connectivity index (χ0) is 15.7. The topological polar surface area (TPSA) is 50.4 Å². The summed E-state index contributed by atoms with van der Waals surface area (Å²) in [6.07, 6.45) is 1.99. The van der Waals surface area contributed by atoms with Crippen molar-refractivity contribution in [3.8, 4) is 0 Å². The van der Waals surface area contributed by atoms with Gasteiger partial charge in [-0.1, -0.05) is 38.1 Å². The van der Waals surface area contributed by atoms with Crippen molar-refractivity contribution in [2.45, 2.75) is 45.7 Å². The van der Waals surface area contributed by atoms with Crippen molar-refractivity contribution in [1.82, 2.24) is 10.6 Å². The van der Waals surface area contributed by atoms with Crippen LogP contribution in [-0.4, -0.2) is 32.2 Å². The second kappa shape index (κ2) is 9.53. The lowest BCUT2D eigenvalue weighted by molar-refractivity contribution is -0.123. The Labute approximate surface area is 128 Å². The largest absolute Gasteiger partial charge is 0.383 e.